The number of aryl methyl sites for hydroxylation is 1. The first-order valence-electron chi connectivity index (χ1n) is 7.94. The number of carbonyl (C=O) groups is 1. The lowest BCUT2D eigenvalue weighted by molar-refractivity contribution is -0.132. The Morgan fingerprint density at radius 1 is 1.24 bits per heavy atom. The van der Waals surface area contributed by atoms with Crippen LogP contribution in [0.1, 0.15) is 30.4 Å². The van der Waals surface area contributed by atoms with Gasteiger partial charge in [-0.2, -0.15) is 0 Å². The second-order valence-corrected chi connectivity index (χ2v) is 6.38. The maximum atomic E-state index is 11.5. The smallest absolute Gasteiger partial charge is 0.222 e. The summed E-state index contributed by atoms with van der Waals surface area (Å²) in [6, 6.07) is 7.25. The third kappa shape index (κ3) is 3.21. The minimum atomic E-state index is 0.268. The molecule has 0 spiro atoms. The Hall–Kier alpha value is -1.55. The van der Waals surface area contributed by atoms with Crippen molar-refractivity contribution in [3.05, 3.63) is 29.3 Å². The van der Waals surface area contributed by atoms with Crippen molar-refractivity contribution in [2.24, 2.45) is 0 Å². The van der Waals surface area contributed by atoms with Crippen molar-refractivity contribution in [3.8, 4) is 0 Å². The van der Waals surface area contributed by atoms with Gasteiger partial charge in [-0.1, -0.05) is 12.1 Å². The van der Waals surface area contributed by atoms with E-state index >= 15 is 0 Å². The van der Waals surface area contributed by atoms with Crippen molar-refractivity contribution in [2.75, 3.05) is 32.1 Å². The first-order valence-corrected chi connectivity index (χ1v) is 7.94. The Balaban J connectivity index is 1.60. The van der Waals surface area contributed by atoms with E-state index in [0.717, 1.165) is 26.1 Å². The van der Waals surface area contributed by atoms with Crippen LogP contribution in [-0.2, 0) is 17.8 Å². The lowest BCUT2D eigenvalue weighted by atomic mass is 9.99. The van der Waals surface area contributed by atoms with Gasteiger partial charge in [-0.15, -0.1) is 0 Å². The van der Waals surface area contributed by atoms with Crippen LogP contribution >= 0.6 is 0 Å². The fraction of sp³-hybridized carbons (Fsp3) is 0.588. The van der Waals surface area contributed by atoms with Gasteiger partial charge < -0.3 is 15.1 Å². The Kier molecular flexibility index (Phi) is 4.15. The van der Waals surface area contributed by atoms with E-state index in [-0.39, 0.29) is 5.91 Å². The number of piperidine rings is 1. The molecule has 21 heavy (non-hydrogen) atoms. The van der Waals surface area contributed by atoms with Crippen LogP contribution in [0.5, 0.6) is 0 Å². The molecule has 2 heterocycles. The van der Waals surface area contributed by atoms with Gasteiger partial charge in [0.25, 0.3) is 0 Å². The number of likely N-dealkylation sites (tertiary alicyclic amines) is 1. The summed E-state index contributed by atoms with van der Waals surface area (Å²) in [6.45, 7) is 2.88. The van der Waals surface area contributed by atoms with Gasteiger partial charge in [0, 0.05) is 51.9 Å². The third-order valence-electron chi connectivity index (χ3n) is 4.72. The summed E-state index contributed by atoms with van der Waals surface area (Å²) in [5.74, 6) is 0.268. The number of amides is 1. The van der Waals surface area contributed by atoms with Gasteiger partial charge in [-0.25, -0.2) is 0 Å². The van der Waals surface area contributed by atoms with Crippen molar-refractivity contribution < 1.29 is 4.79 Å². The van der Waals surface area contributed by atoms with Gasteiger partial charge in [0.15, 0.2) is 0 Å². The standard InChI is InChI=1S/C17H25N3O/c1-19-9-3-4-14-10-13(5-7-16(14)19)11-18-15-6-8-17(21)20(2)12-15/h5,7,10,15,18H,3-4,6,8-9,11-12H2,1-2H3. The highest BCUT2D eigenvalue weighted by Gasteiger charge is 2.22. The van der Waals surface area contributed by atoms with Crippen LogP contribution < -0.4 is 10.2 Å². The predicted octanol–water partition coefficient (Wildman–Crippen LogP) is 1.78. The topological polar surface area (TPSA) is 35.6 Å². The van der Waals surface area contributed by atoms with E-state index in [2.05, 4.69) is 35.5 Å². The fourth-order valence-corrected chi connectivity index (χ4v) is 3.39. The van der Waals surface area contributed by atoms with Crippen LogP contribution in [0.4, 0.5) is 5.69 Å². The Morgan fingerprint density at radius 2 is 2.10 bits per heavy atom. The molecule has 0 radical (unpaired) electrons. The number of nitrogens with zero attached hydrogens (tertiary/aromatic N) is 2. The number of benzene rings is 1. The average Bonchev–Trinajstić information content (AvgIpc) is 2.49. The highest BCUT2D eigenvalue weighted by atomic mass is 16.2. The number of anilines is 1. The van der Waals surface area contributed by atoms with Crippen molar-refractivity contribution >= 4 is 11.6 Å². The van der Waals surface area contributed by atoms with Crippen LogP contribution in [0.15, 0.2) is 18.2 Å². The van der Waals surface area contributed by atoms with E-state index in [4.69, 9.17) is 0 Å². The largest absolute Gasteiger partial charge is 0.374 e. The van der Waals surface area contributed by atoms with E-state index < -0.39 is 0 Å². The number of hydrogen-bond donors (Lipinski definition) is 1. The minimum absolute atomic E-state index is 0.268. The first kappa shape index (κ1) is 14.4. The summed E-state index contributed by atoms with van der Waals surface area (Å²) in [5, 5.41) is 3.60. The van der Waals surface area contributed by atoms with E-state index in [9.17, 15) is 4.79 Å². The zero-order chi connectivity index (χ0) is 14.8. The molecule has 1 aromatic rings. The van der Waals surface area contributed by atoms with Gasteiger partial charge in [-0.05, 0) is 36.5 Å². The third-order valence-corrected chi connectivity index (χ3v) is 4.72. The number of fused-ring (bicyclic) bond motifs is 1. The van der Waals surface area contributed by atoms with E-state index in [1.807, 2.05) is 11.9 Å². The Morgan fingerprint density at radius 3 is 2.90 bits per heavy atom. The summed E-state index contributed by atoms with van der Waals surface area (Å²) in [4.78, 5) is 15.7. The molecule has 1 saturated heterocycles. The molecule has 2 aliphatic rings. The fourth-order valence-electron chi connectivity index (χ4n) is 3.39. The zero-order valence-corrected chi connectivity index (χ0v) is 13.1. The number of rotatable bonds is 3. The van der Waals surface area contributed by atoms with Crippen molar-refractivity contribution in [3.63, 3.8) is 0 Å². The summed E-state index contributed by atoms with van der Waals surface area (Å²) < 4.78 is 0. The van der Waals surface area contributed by atoms with Crippen molar-refractivity contribution in [2.45, 2.75) is 38.3 Å². The van der Waals surface area contributed by atoms with Crippen molar-refractivity contribution in [1.29, 1.82) is 0 Å². The van der Waals surface area contributed by atoms with E-state index in [0.29, 0.717) is 12.5 Å². The Labute approximate surface area is 127 Å². The second kappa shape index (κ2) is 6.06. The molecule has 0 saturated carbocycles. The molecule has 114 valence electrons. The molecule has 0 aliphatic carbocycles. The lowest BCUT2D eigenvalue weighted by Gasteiger charge is -2.31. The number of nitrogens with one attached hydrogen (secondary N) is 1. The van der Waals surface area contributed by atoms with Gasteiger partial charge in [0.1, 0.15) is 0 Å². The Bertz CT molecular complexity index is 529. The molecular formula is C17H25N3O. The molecule has 4 nitrogen and oxygen atoms in total. The van der Waals surface area contributed by atoms with Crippen LogP contribution in [0.25, 0.3) is 0 Å². The first-order chi connectivity index (χ1) is 10.1. The molecule has 1 fully saturated rings. The second-order valence-electron chi connectivity index (χ2n) is 6.38. The maximum absolute atomic E-state index is 11.5. The van der Waals surface area contributed by atoms with Gasteiger partial charge in [0.2, 0.25) is 5.91 Å². The molecule has 1 atom stereocenters. The molecule has 1 N–H and O–H groups in total. The molecule has 0 bridgehead atoms. The lowest BCUT2D eigenvalue weighted by Crippen LogP contribution is -2.46. The molecular weight excluding hydrogens is 262 g/mol. The molecule has 3 rings (SSSR count). The number of likely N-dealkylation sites (N-methyl/N-ethyl adjacent to an activating group) is 1. The molecule has 0 aromatic heterocycles. The monoisotopic (exact) mass is 287 g/mol. The average molecular weight is 287 g/mol. The highest BCUT2D eigenvalue weighted by molar-refractivity contribution is 5.76. The van der Waals surface area contributed by atoms with Crippen LogP contribution in [0.3, 0.4) is 0 Å². The molecule has 2 aliphatic heterocycles. The highest BCUT2D eigenvalue weighted by Crippen LogP contribution is 2.26. The molecule has 1 unspecified atom stereocenters. The molecule has 1 amide bonds. The van der Waals surface area contributed by atoms with Crippen LogP contribution in [0.2, 0.25) is 0 Å². The summed E-state index contributed by atoms with van der Waals surface area (Å²) in [7, 11) is 4.07. The van der Waals surface area contributed by atoms with Gasteiger partial charge in [-0.3, -0.25) is 4.79 Å². The van der Waals surface area contributed by atoms with Gasteiger partial charge in [0.05, 0.1) is 0 Å². The number of carbonyl (C=O) groups excluding carboxylic acids is 1. The molecule has 4 heteroatoms. The predicted molar refractivity (Wildman–Crippen MR) is 85.5 cm³/mol. The molecule has 1 aromatic carbocycles. The number of hydrogen-bond acceptors (Lipinski definition) is 3. The summed E-state index contributed by atoms with van der Waals surface area (Å²) >= 11 is 0. The normalized spacial score (nSPS) is 22.4. The van der Waals surface area contributed by atoms with E-state index in [1.165, 1.54) is 29.7 Å². The summed E-state index contributed by atoms with van der Waals surface area (Å²) in [5.41, 5.74) is 4.20. The van der Waals surface area contributed by atoms with Crippen molar-refractivity contribution in [1.82, 2.24) is 10.2 Å². The quantitative estimate of drug-likeness (QED) is 0.920. The SMILES string of the molecule is CN1CC(NCc2ccc3c(c2)CCCN3C)CCC1=O. The van der Waals surface area contributed by atoms with E-state index in [1.54, 1.807) is 0 Å². The van der Waals surface area contributed by atoms with Gasteiger partial charge >= 0.3 is 0 Å². The van der Waals surface area contributed by atoms with Crippen LogP contribution in [0, 0.1) is 0 Å². The summed E-state index contributed by atoms with van der Waals surface area (Å²) in [6.07, 6.45) is 4.06. The maximum Gasteiger partial charge on any atom is 0.222 e. The minimum Gasteiger partial charge on any atom is -0.374 e. The van der Waals surface area contributed by atoms with Crippen LogP contribution in [-0.4, -0.2) is 44.0 Å². The zero-order valence-electron chi connectivity index (χ0n) is 13.1.